The number of carbonyl (C=O) groups is 1. The highest BCUT2D eigenvalue weighted by Crippen LogP contribution is 2.15. The van der Waals surface area contributed by atoms with Crippen LogP contribution in [0.1, 0.15) is 15.9 Å². The standard InChI is InChI=1S/C14H13FN2O/c1-9-5-6-10(7-13(9)16)14(18)17-12-4-2-3-11(15)8-12/h2-8H,16H2,1H3,(H,17,18). The van der Waals surface area contributed by atoms with Crippen molar-refractivity contribution < 1.29 is 9.18 Å². The Labute approximate surface area is 104 Å². The molecule has 2 aromatic rings. The fourth-order valence-electron chi connectivity index (χ4n) is 1.55. The molecule has 0 aliphatic heterocycles. The first-order chi connectivity index (χ1) is 8.56. The van der Waals surface area contributed by atoms with Gasteiger partial charge in [-0.15, -0.1) is 0 Å². The Hall–Kier alpha value is -2.36. The molecule has 2 aromatic carbocycles. The Morgan fingerprint density at radius 3 is 2.67 bits per heavy atom. The number of rotatable bonds is 2. The summed E-state index contributed by atoms with van der Waals surface area (Å²) < 4.78 is 13.0. The normalized spacial score (nSPS) is 10.1. The molecule has 2 rings (SSSR count). The molecule has 0 radical (unpaired) electrons. The lowest BCUT2D eigenvalue weighted by atomic mass is 10.1. The van der Waals surface area contributed by atoms with Crippen LogP contribution in [0.15, 0.2) is 42.5 Å². The number of carbonyl (C=O) groups excluding carboxylic acids is 1. The zero-order chi connectivity index (χ0) is 13.1. The third-order valence-electron chi connectivity index (χ3n) is 2.62. The third kappa shape index (κ3) is 2.66. The predicted octanol–water partition coefficient (Wildman–Crippen LogP) is 2.97. The summed E-state index contributed by atoms with van der Waals surface area (Å²) in [6, 6.07) is 10.8. The molecule has 4 heteroatoms. The Morgan fingerprint density at radius 2 is 2.00 bits per heavy atom. The van der Waals surface area contributed by atoms with E-state index in [1.165, 1.54) is 18.2 Å². The van der Waals surface area contributed by atoms with Gasteiger partial charge in [-0.25, -0.2) is 4.39 Å². The van der Waals surface area contributed by atoms with Crippen molar-refractivity contribution in [2.75, 3.05) is 11.1 Å². The van der Waals surface area contributed by atoms with E-state index in [1.807, 2.05) is 6.92 Å². The Balaban J connectivity index is 2.19. The van der Waals surface area contributed by atoms with Gasteiger partial charge in [0.15, 0.2) is 0 Å². The van der Waals surface area contributed by atoms with E-state index in [0.29, 0.717) is 16.9 Å². The highest BCUT2D eigenvalue weighted by Gasteiger charge is 2.07. The number of hydrogen-bond acceptors (Lipinski definition) is 2. The summed E-state index contributed by atoms with van der Waals surface area (Å²) in [5, 5.41) is 2.61. The van der Waals surface area contributed by atoms with Crippen molar-refractivity contribution in [2.24, 2.45) is 0 Å². The van der Waals surface area contributed by atoms with Gasteiger partial charge in [0.2, 0.25) is 0 Å². The monoisotopic (exact) mass is 244 g/mol. The van der Waals surface area contributed by atoms with Gasteiger partial charge in [0.1, 0.15) is 5.82 Å². The molecule has 0 aliphatic carbocycles. The van der Waals surface area contributed by atoms with Crippen LogP contribution >= 0.6 is 0 Å². The minimum atomic E-state index is -0.392. The fraction of sp³-hybridized carbons (Fsp3) is 0.0714. The molecule has 0 spiro atoms. The number of amides is 1. The average molecular weight is 244 g/mol. The van der Waals surface area contributed by atoms with Crippen LogP contribution in [0.3, 0.4) is 0 Å². The van der Waals surface area contributed by atoms with Gasteiger partial charge in [-0.1, -0.05) is 12.1 Å². The van der Waals surface area contributed by atoms with E-state index < -0.39 is 5.82 Å². The topological polar surface area (TPSA) is 55.1 Å². The molecule has 0 aromatic heterocycles. The van der Waals surface area contributed by atoms with Gasteiger partial charge in [-0.05, 0) is 42.8 Å². The number of nitrogens with one attached hydrogen (secondary N) is 1. The lowest BCUT2D eigenvalue weighted by molar-refractivity contribution is 0.102. The molecule has 92 valence electrons. The minimum Gasteiger partial charge on any atom is -0.398 e. The number of benzene rings is 2. The van der Waals surface area contributed by atoms with Crippen molar-refractivity contribution in [1.29, 1.82) is 0 Å². The largest absolute Gasteiger partial charge is 0.398 e. The molecule has 0 atom stereocenters. The third-order valence-corrected chi connectivity index (χ3v) is 2.62. The molecule has 3 nitrogen and oxygen atoms in total. The summed E-state index contributed by atoms with van der Waals surface area (Å²) >= 11 is 0. The predicted molar refractivity (Wildman–Crippen MR) is 69.9 cm³/mol. The van der Waals surface area contributed by atoms with Crippen LogP contribution < -0.4 is 11.1 Å². The lowest BCUT2D eigenvalue weighted by Crippen LogP contribution is -2.12. The van der Waals surface area contributed by atoms with E-state index in [4.69, 9.17) is 5.73 Å². The molecule has 0 saturated heterocycles. The van der Waals surface area contributed by atoms with Gasteiger partial charge in [0.25, 0.3) is 5.91 Å². The summed E-state index contributed by atoms with van der Waals surface area (Å²) in [6.45, 7) is 1.86. The van der Waals surface area contributed by atoms with Crippen molar-refractivity contribution in [2.45, 2.75) is 6.92 Å². The zero-order valence-corrected chi connectivity index (χ0v) is 9.91. The molecular weight excluding hydrogens is 231 g/mol. The average Bonchev–Trinajstić information content (AvgIpc) is 2.32. The fourth-order valence-corrected chi connectivity index (χ4v) is 1.55. The molecule has 0 heterocycles. The first kappa shape index (κ1) is 12.1. The number of nitrogen functional groups attached to an aromatic ring is 1. The lowest BCUT2D eigenvalue weighted by Gasteiger charge is -2.07. The second-order valence-electron chi connectivity index (χ2n) is 4.04. The number of nitrogens with two attached hydrogens (primary N) is 1. The van der Waals surface area contributed by atoms with E-state index in [2.05, 4.69) is 5.32 Å². The molecule has 3 N–H and O–H groups in total. The first-order valence-electron chi connectivity index (χ1n) is 5.49. The number of halogens is 1. The van der Waals surface area contributed by atoms with Crippen molar-refractivity contribution >= 4 is 17.3 Å². The second-order valence-corrected chi connectivity index (χ2v) is 4.04. The molecule has 0 saturated carbocycles. The Kier molecular flexibility index (Phi) is 3.28. The van der Waals surface area contributed by atoms with Crippen LogP contribution in [-0.2, 0) is 0 Å². The smallest absolute Gasteiger partial charge is 0.255 e. The van der Waals surface area contributed by atoms with Gasteiger partial charge < -0.3 is 11.1 Å². The van der Waals surface area contributed by atoms with Crippen molar-refractivity contribution in [1.82, 2.24) is 0 Å². The SMILES string of the molecule is Cc1ccc(C(=O)Nc2cccc(F)c2)cc1N. The maximum atomic E-state index is 13.0. The second kappa shape index (κ2) is 4.87. The van der Waals surface area contributed by atoms with E-state index in [1.54, 1.807) is 24.3 Å². The van der Waals surface area contributed by atoms with E-state index in [0.717, 1.165) is 5.56 Å². The summed E-state index contributed by atoms with van der Waals surface area (Å²) in [4.78, 5) is 11.9. The molecule has 18 heavy (non-hydrogen) atoms. The van der Waals surface area contributed by atoms with Gasteiger partial charge in [-0.3, -0.25) is 4.79 Å². The maximum Gasteiger partial charge on any atom is 0.255 e. The van der Waals surface area contributed by atoms with Crippen LogP contribution in [0.4, 0.5) is 15.8 Å². The highest BCUT2D eigenvalue weighted by molar-refractivity contribution is 6.04. The number of hydrogen-bond donors (Lipinski definition) is 2. The minimum absolute atomic E-state index is 0.313. The van der Waals surface area contributed by atoms with E-state index in [-0.39, 0.29) is 5.91 Å². The molecule has 0 aliphatic rings. The Bertz CT molecular complexity index is 596. The summed E-state index contributed by atoms with van der Waals surface area (Å²) in [7, 11) is 0. The summed E-state index contributed by atoms with van der Waals surface area (Å²) in [5.41, 5.74) is 8.07. The molecular formula is C14H13FN2O. The van der Waals surface area contributed by atoms with Crippen LogP contribution in [0, 0.1) is 12.7 Å². The zero-order valence-electron chi connectivity index (χ0n) is 9.91. The quantitative estimate of drug-likeness (QED) is 0.798. The van der Waals surface area contributed by atoms with E-state index >= 15 is 0 Å². The van der Waals surface area contributed by atoms with Crippen molar-refractivity contribution in [3.8, 4) is 0 Å². The highest BCUT2D eigenvalue weighted by atomic mass is 19.1. The van der Waals surface area contributed by atoms with Gasteiger partial charge in [0.05, 0.1) is 0 Å². The van der Waals surface area contributed by atoms with Crippen molar-refractivity contribution in [3.05, 3.63) is 59.4 Å². The molecule has 0 bridgehead atoms. The Morgan fingerprint density at radius 1 is 1.22 bits per heavy atom. The maximum absolute atomic E-state index is 13.0. The first-order valence-corrected chi connectivity index (χ1v) is 5.49. The number of aryl methyl sites for hydroxylation is 1. The van der Waals surface area contributed by atoms with Crippen LogP contribution in [0.2, 0.25) is 0 Å². The van der Waals surface area contributed by atoms with Crippen molar-refractivity contribution in [3.63, 3.8) is 0 Å². The molecule has 1 amide bonds. The molecule has 0 fully saturated rings. The van der Waals surface area contributed by atoms with Gasteiger partial charge in [-0.2, -0.15) is 0 Å². The van der Waals surface area contributed by atoms with E-state index in [9.17, 15) is 9.18 Å². The van der Waals surface area contributed by atoms with Crippen LogP contribution in [0.25, 0.3) is 0 Å². The summed E-state index contributed by atoms with van der Waals surface area (Å²) in [6.07, 6.45) is 0. The van der Waals surface area contributed by atoms with Crippen LogP contribution in [0.5, 0.6) is 0 Å². The van der Waals surface area contributed by atoms with Gasteiger partial charge >= 0.3 is 0 Å². The summed E-state index contributed by atoms with van der Waals surface area (Å²) in [5.74, 6) is -0.705. The number of anilines is 2. The molecule has 0 unspecified atom stereocenters. The van der Waals surface area contributed by atoms with Gasteiger partial charge in [0, 0.05) is 16.9 Å². The van der Waals surface area contributed by atoms with Crippen LogP contribution in [-0.4, -0.2) is 5.91 Å².